The first-order chi connectivity index (χ1) is 9.81. The second kappa shape index (κ2) is 8.07. The Kier molecular flexibility index (Phi) is 6.08. The highest BCUT2D eigenvalue weighted by Gasteiger charge is 2.20. The van der Waals surface area contributed by atoms with Crippen LogP contribution >= 0.6 is 0 Å². The zero-order valence-electron chi connectivity index (χ0n) is 12.3. The van der Waals surface area contributed by atoms with Gasteiger partial charge >= 0.3 is 0 Å². The molecule has 1 saturated carbocycles. The van der Waals surface area contributed by atoms with E-state index in [1.807, 2.05) is 18.3 Å². The van der Waals surface area contributed by atoms with Crippen molar-refractivity contribution in [2.45, 2.75) is 37.8 Å². The standard InChI is InChI=1S/C15H24N2O3/c1-18-9-10-20-15-8-5-13(11-16-15)17-12-3-6-14(19-2)7-4-12/h5,8,11-12,14,17H,3-4,6-7,9-10H2,1-2H3. The topological polar surface area (TPSA) is 52.6 Å². The summed E-state index contributed by atoms with van der Waals surface area (Å²) in [6.07, 6.45) is 6.79. The molecule has 5 heteroatoms. The minimum Gasteiger partial charge on any atom is -0.475 e. The summed E-state index contributed by atoms with van der Waals surface area (Å²) in [6.45, 7) is 1.10. The van der Waals surface area contributed by atoms with Gasteiger partial charge in [-0.25, -0.2) is 4.98 Å². The molecular weight excluding hydrogens is 256 g/mol. The molecule has 0 saturated heterocycles. The Morgan fingerprint density at radius 2 is 1.95 bits per heavy atom. The molecule has 112 valence electrons. The molecule has 1 fully saturated rings. The minimum atomic E-state index is 0.433. The Bertz CT molecular complexity index is 375. The lowest BCUT2D eigenvalue weighted by atomic mass is 9.93. The van der Waals surface area contributed by atoms with Crippen LogP contribution in [0.15, 0.2) is 18.3 Å². The molecule has 0 aliphatic heterocycles. The molecule has 1 aromatic rings. The van der Waals surface area contributed by atoms with Crippen LogP contribution in [0.25, 0.3) is 0 Å². The maximum Gasteiger partial charge on any atom is 0.213 e. The summed E-state index contributed by atoms with van der Waals surface area (Å²) in [7, 11) is 3.45. The Morgan fingerprint density at radius 3 is 2.55 bits per heavy atom. The van der Waals surface area contributed by atoms with Crippen molar-refractivity contribution in [2.75, 3.05) is 32.8 Å². The van der Waals surface area contributed by atoms with Crippen LogP contribution in [-0.4, -0.2) is 44.6 Å². The lowest BCUT2D eigenvalue weighted by molar-refractivity contribution is 0.0682. The van der Waals surface area contributed by atoms with E-state index in [1.165, 1.54) is 0 Å². The van der Waals surface area contributed by atoms with Crippen LogP contribution in [0.4, 0.5) is 5.69 Å². The van der Waals surface area contributed by atoms with Crippen molar-refractivity contribution in [1.82, 2.24) is 4.98 Å². The Morgan fingerprint density at radius 1 is 1.15 bits per heavy atom. The van der Waals surface area contributed by atoms with Crippen molar-refractivity contribution in [1.29, 1.82) is 0 Å². The zero-order valence-corrected chi connectivity index (χ0v) is 12.3. The smallest absolute Gasteiger partial charge is 0.213 e. The Labute approximate surface area is 120 Å². The molecule has 1 N–H and O–H groups in total. The number of aromatic nitrogens is 1. The fourth-order valence-corrected chi connectivity index (χ4v) is 2.46. The van der Waals surface area contributed by atoms with Gasteiger partial charge in [-0.2, -0.15) is 0 Å². The molecule has 0 aromatic carbocycles. The number of methoxy groups -OCH3 is 2. The molecule has 0 bridgehead atoms. The highest BCUT2D eigenvalue weighted by atomic mass is 16.5. The van der Waals surface area contributed by atoms with E-state index in [4.69, 9.17) is 14.2 Å². The highest BCUT2D eigenvalue weighted by Crippen LogP contribution is 2.24. The van der Waals surface area contributed by atoms with Gasteiger partial charge in [0.25, 0.3) is 0 Å². The molecule has 1 aliphatic rings. The molecule has 1 aliphatic carbocycles. The molecule has 20 heavy (non-hydrogen) atoms. The van der Waals surface area contributed by atoms with Crippen LogP contribution < -0.4 is 10.1 Å². The summed E-state index contributed by atoms with van der Waals surface area (Å²) in [4.78, 5) is 4.28. The van der Waals surface area contributed by atoms with E-state index in [1.54, 1.807) is 14.2 Å². The number of ether oxygens (including phenoxy) is 3. The molecule has 0 unspecified atom stereocenters. The monoisotopic (exact) mass is 280 g/mol. The summed E-state index contributed by atoms with van der Waals surface area (Å²) < 4.78 is 15.8. The molecule has 2 rings (SSSR count). The number of anilines is 1. The zero-order chi connectivity index (χ0) is 14.2. The summed E-state index contributed by atoms with van der Waals surface area (Å²) in [6, 6.07) is 4.42. The van der Waals surface area contributed by atoms with Crippen molar-refractivity contribution < 1.29 is 14.2 Å². The van der Waals surface area contributed by atoms with Crippen molar-refractivity contribution in [3.63, 3.8) is 0 Å². The molecular formula is C15H24N2O3. The molecule has 0 amide bonds. The first-order valence-electron chi connectivity index (χ1n) is 7.19. The Balaban J connectivity index is 1.76. The van der Waals surface area contributed by atoms with E-state index in [9.17, 15) is 0 Å². The third-order valence-electron chi connectivity index (χ3n) is 3.65. The van der Waals surface area contributed by atoms with Gasteiger partial charge in [-0.1, -0.05) is 0 Å². The first kappa shape index (κ1) is 15.1. The van der Waals surface area contributed by atoms with Crippen molar-refractivity contribution in [3.05, 3.63) is 18.3 Å². The number of hydrogen-bond donors (Lipinski definition) is 1. The maximum atomic E-state index is 5.44. The molecule has 0 atom stereocenters. The minimum absolute atomic E-state index is 0.433. The number of hydrogen-bond acceptors (Lipinski definition) is 5. The number of pyridine rings is 1. The quantitative estimate of drug-likeness (QED) is 0.778. The fraction of sp³-hybridized carbons (Fsp3) is 0.667. The lowest BCUT2D eigenvalue weighted by Crippen LogP contribution is -2.29. The molecule has 1 heterocycles. The molecule has 1 aromatic heterocycles. The van der Waals surface area contributed by atoms with Crippen LogP contribution in [0.5, 0.6) is 5.88 Å². The summed E-state index contributed by atoms with van der Waals surface area (Å²) in [5, 5.41) is 3.52. The van der Waals surface area contributed by atoms with E-state index in [0.29, 0.717) is 31.2 Å². The number of rotatable bonds is 7. The van der Waals surface area contributed by atoms with Gasteiger partial charge in [-0.15, -0.1) is 0 Å². The summed E-state index contributed by atoms with van der Waals surface area (Å²) >= 11 is 0. The van der Waals surface area contributed by atoms with Gasteiger partial charge in [0.2, 0.25) is 5.88 Å². The van der Waals surface area contributed by atoms with Crippen LogP contribution in [0.2, 0.25) is 0 Å². The van der Waals surface area contributed by atoms with Gasteiger partial charge in [0.1, 0.15) is 6.61 Å². The second-order valence-electron chi connectivity index (χ2n) is 5.08. The molecule has 0 spiro atoms. The number of nitrogens with zero attached hydrogens (tertiary/aromatic N) is 1. The van der Waals surface area contributed by atoms with Crippen molar-refractivity contribution in [2.24, 2.45) is 0 Å². The van der Waals surface area contributed by atoms with Crippen LogP contribution in [0.1, 0.15) is 25.7 Å². The predicted molar refractivity (Wildman–Crippen MR) is 78.3 cm³/mol. The molecule has 5 nitrogen and oxygen atoms in total. The van der Waals surface area contributed by atoms with Gasteiger partial charge < -0.3 is 19.5 Å². The molecule has 0 radical (unpaired) electrons. The van der Waals surface area contributed by atoms with Crippen LogP contribution in [-0.2, 0) is 9.47 Å². The number of nitrogens with one attached hydrogen (secondary N) is 1. The van der Waals surface area contributed by atoms with Crippen molar-refractivity contribution in [3.8, 4) is 5.88 Å². The van der Waals surface area contributed by atoms with Gasteiger partial charge in [-0.3, -0.25) is 0 Å². The second-order valence-corrected chi connectivity index (χ2v) is 5.08. The third kappa shape index (κ3) is 4.65. The van der Waals surface area contributed by atoms with Gasteiger partial charge in [0.05, 0.1) is 24.6 Å². The summed E-state index contributed by atoms with van der Waals surface area (Å²) in [5.74, 6) is 0.635. The first-order valence-corrected chi connectivity index (χ1v) is 7.19. The average molecular weight is 280 g/mol. The third-order valence-corrected chi connectivity index (χ3v) is 3.65. The van der Waals surface area contributed by atoms with Crippen LogP contribution in [0.3, 0.4) is 0 Å². The van der Waals surface area contributed by atoms with E-state index >= 15 is 0 Å². The van der Waals surface area contributed by atoms with E-state index in [2.05, 4.69) is 10.3 Å². The van der Waals surface area contributed by atoms with E-state index < -0.39 is 0 Å². The summed E-state index contributed by atoms with van der Waals surface area (Å²) in [5.41, 5.74) is 1.05. The largest absolute Gasteiger partial charge is 0.475 e. The van der Waals surface area contributed by atoms with E-state index in [0.717, 1.165) is 31.4 Å². The van der Waals surface area contributed by atoms with Gasteiger partial charge in [-0.05, 0) is 31.7 Å². The van der Waals surface area contributed by atoms with Crippen LogP contribution in [0, 0.1) is 0 Å². The highest BCUT2D eigenvalue weighted by molar-refractivity contribution is 5.43. The van der Waals surface area contributed by atoms with E-state index in [-0.39, 0.29) is 0 Å². The normalized spacial score (nSPS) is 22.5. The lowest BCUT2D eigenvalue weighted by Gasteiger charge is -2.28. The maximum absolute atomic E-state index is 5.44. The van der Waals surface area contributed by atoms with Gasteiger partial charge in [0, 0.05) is 26.3 Å². The predicted octanol–water partition coefficient (Wildman–Crippen LogP) is 2.48. The Hall–Kier alpha value is -1.33. The van der Waals surface area contributed by atoms with Gasteiger partial charge in [0.15, 0.2) is 0 Å². The van der Waals surface area contributed by atoms with Crippen molar-refractivity contribution >= 4 is 5.69 Å². The average Bonchev–Trinajstić information content (AvgIpc) is 2.50. The fourth-order valence-electron chi connectivity index (χ4n) is 2.46. The SMILES string of the molecule is COCCOc1ccc(NC2CCC(OC)CC2)cn1.